The third-order valence-corrected chi connectivity index (χ3v) is 5.77. The van der Waals surface area contributed by atoms with Crippen LogP contribution in [0.15, 0.2) is 0 Å². The molecule has 0 unspecified atom stereocenters. The van der Waals surface area contributed by atoms with Crippen molar-refractivity contribution in [2.75, 3.05) is 37.7 Å². The molecular weight excluding hydrogens is 236 g/mol. The Morgan fingerprint density at radius 2 is 2.18 bits per heavy atom. The van der Waals surface area contributed by atoms with Gasteiger partial charge in [0.15, 0.2) is 9.84 Å². The quantitative estimate of drug-likeness (QED) is 0.799. The van der Waals surface area contributed by atoms with Gasteiger partial charge in [0.1, 0.15) is 0 Å². The van der Waals surface area contributed by atoms with Gasteiger partial charge in [-0.25, -0.2) is 8.42 Å². The van der Waals surface area contributed by atoms with Crippen LogP contribution in [0.3, 0.4) is 0 Å². The van der Waals surface area contributed by atoms with Crippen LogP contribution < -0.4 is 5.32 Å². The molecule has 2 aliphatic heterocycles. The number of nitrogens with zero attached hydrogens (tertiary/aromatic N) is 1. The monoisotopic (exact) mass is 260 g/mol. The summed E-state index contributed by atoms with van der Waals surface area (Å²) in [5.74, 6) is 1.46. The average Bonchev–Trinajstić information content (AvgIpc) is 2.68. The van der Waals surface area contributed by atoms with E-state index in [2.05, 4.69) is 17.1 Å². The molecule has 2 saturated heterocycles. The summed E-state index contributed by atoms with van der Waals surface area (Å²) >= 11 is 0. The van der Waals surface area contributed by atoms with E-state index in [4.69, 9.17) is 0 Å². The smallest absolute Gasteiger partial charge is 0.151 e. The molecule has 0 saturated carbocycles. The van der Waals surface area contributed by atoms with Crippen molar-refractivity contribution in [2.45, 2.75) is 32.2 Å². The third kappa shape index (κ3) is 3.66. The summed E-state index contributed by atoms with van der Waals surface area (Å²) in [4.78, 5) is 2.38. The molecule has 2 aliphatic rings. The highest BCUT2D eigenvalue weighted by Crippen LogP contribution is 2.20. The summed E-state index contributed by atoms with van der Waals surface area (Å²) in [5.41, 5.74) is 0. The Bertz CT molecular complexity index is 336. The average molecular weight is 260 g/mol. The first-order chi connectivity index (χ1) is 8.11. The zero-order valence-electron chi connectivity index (χ0n) is 10.7. The van der Waals surface area contributed by atoms with E-state index in [1.165, 1.54) is 12.8 Å². The molecule has 0 radical (unpaired) electrons. The Balaban J connectivity index is 1.88. The van der Waals surface area contributed by atoms with Crippen molar-refractivity contribution >= 4 is 9.84 Å². The number of rotatable bonds is 4. The highest BCUT2D eigenvalue weighted by Gasteiger charge is 2.32. The van der Waals surface area contributed by atoms with Crippen molar-refractivity contribution in [1.29, 1.82) is 0 Å². The van der Waals surface area contributed by atoms with Crippen LogP contribution in [0.5, 0.6) is 0 Å². The van der Waals surface area contributed by atoms with Crippen LogP contribution in [0, 0.1) is 5.92 Å². The van der Waals surface area contributed by atoms with Crippen LogP contribution in [-0.2, 0) is 9.84 Å². The van der Waals surface area contributed by atoms with Crippen molar-refractivity contribution < 1.29 is 8.42 Å². The number of sulfone groups is 1. The van der Waals surface area contributed by atoms with Gasteiger partial charge in [0.05, 0.1) is 11.5 Å². The van der Waals surface area contributed by atoms with Gasteiger partial charge in [-0.2, -0.15) is 0 Å². The van der Waals surface area contributed by atoms with Crippen LogP contribution in [0.4, 0.5) is 0 Å². The lowest BCUT2D eigenvalue weighted by molar-refractivity contribution is 0.173. The first-order valence-electron chi connectivity index (χ1n) is 6.76. The van der Waals surface area contributed by atoms with Gasteiger partial charge in [0, 0.05) is 12.6 Å². The fourth-order valence-electron chi connectivity index (χ4n) is 3.01. The number of hydrogen-bond donors (Lipinski definition) is 1. The molecule has 0 bridgehead atoms. The lowest BCUT2D eigenvalue weighted by atomic mass is 9.98. The van der Waals surface area contributed by atoms with Crippen LogP contribution in [0.25, 0.3) is 0 Å². The predicted molar refractivity (Wildman–Crippen MR) is 69.9 cm³/mol. The Morgan fingerprint density at radius 3 is 2.71 bits per heavy atom. The standard InChI is InChI=1S/C12H24N2O2S/c1-2-14(9-11-4-3-6-13-8-11)12-5-7-17(15,16)10-12/h11-13H,2-10H2,1H3/t11-,12-/m1/s1. The molecule has 0 aliphatic carbocycles. The minimum absolute atomic E-state index is 0.270. The molecule has 2 fully saturated rings. The molecule has 0 amide bonds. The summed E-state index contributed by atoms with van der Waals surface area (Å²) in [6.07, 6.45) is 3.37. The fourth-order valence-corrected chi connectivity index (χ4v) is 4.77. The van der Waals surface area contributed by atoms with Crippen LogP contribution in [-0.4, -0.2) is 57.0 Å². The van der Waals surface area contributed by atoms with Gasteiger partial charge >= 0.3 is 0 Å². The normalized spacial score (nSPS) is 33.1. The van der Waals surface area contributed by atoms with Crippen molar-refractivity contribution in [3.63, 3.8) is 0 Å². The maximum Gasteiger partial charge on any atom is 0.151 e. The maximum absolute atomic E-state index is 11.5. The van der Waals surface area contributed by atoms with E-state index in [1.54, 1.807) is 0 Å². The molecule has 2 rings (SSSR count). The van der Waals surface area contributed by atoms with Gasteiger partial charge in [0.2, 0.25) is 0 Å². The molecule has 1 N–H and O–H groups in total. The highest BCUT2D eigenvalue weighted by molar-refractivity contribution is 7.91. The van der Waals surface area contributed by atoms with Gasteiger partial charge in [-0.15, -0.1) is 0 Å². The van der Waals surface area contributed by atoms with E-state index >= 15 is 0 Å². The zero-order chi connectivity index (χ0) is 12.3. The zero-order valence-corrected chi connectivity index (χ0v) is 11.5. The Hall–Kier alpha value is -0.130. The Labute approximate surface area is 105 Å². The number of hydrogen-bond acceptors (Lipinski definition) is 4. The van der Waals surface area contributed by atoms with E-state index in [9.17, 15) is 8.42 Å². The molecule has 2 atom stereocenters. The summed E-state index contributed by atoms with van der Waals surface area (Å²) < 4.78 is 23.0. The van der Waals surface area contributed by atoms with E-state index in [0.717, 1.165) is 32.6 Å². The van der Waals surface area contributed by atoms with Crippen LogP contribution in [0.1, 0.15) is 26.2 Å². The Morgan fingerprint density at radius 1 is 1.35 bits per heavy atom. The van der Waals surface area contributed by atoms with Crippen molar-refractivity contribution in [3.05, 3.63) is 0 Å². The summed E-state index contributed by atoms with van der Waals surface area (Å²) in [6, 6.07) is 0.270. The van der Waals surface area contributed by atoms with Gasteiger partial charge in [-0.3, -0.25) is 4.90 Å². The van der Waals surface area contributed by atoms with E-state index in [1.807, 2.05) is 0 Å². The molecule has 2 heterocycles. The van der Waals surface area contributed by atoms with Crippen molar-refractivity contribution in [3.8, 4) is 0 Å². The SMILES string of the molecule is CCN(C[C@@H]1CCCNC1)[C@@H]1CCS(=O)(=O)C1. The molecule has 0 aromatic carbocycles. The lowest BCUT2D eigenvalue weighted by Gasteiger charge is -2.32. The lowest BCUT2D eigenvalue weighted by Crippen LogP contribution is -2.43. The van der Waals surface area contributed by atoms with E-state index in [0.29, 0.717) is 17.4 Å². The molecular formula is C12H24N2O2S. The minimum Gasteiger partial charge on any atom is -0.316 e. The molecule has 100 valence electrons. The summed E-state index contributed by atoms with van der Waals surface area (Å²) in [6.45, 7) is 6.40. The van der Waals surface area contributed by atoms with Gasteiger partial charge in [-0.05, 0) is 44.8 Å². The maximum atomic E-state index is 11.5. The van der Waals surface area contributed by atoms with Gasteiger partial charge in [-0.1, -0.05) is 6.92 Å². The first kappa shape index (κ1) is 13.3. The van der Waals surface area contributed by atoms with E-state index < -0.39 is 9.84 Å². The summed E-state index contributed by atoms with van der Waals surface area (Å²) in [5, 5.41) is 3.43. The molecule has 17 heavy (non-hydrogen) atoms. The van der Waals surface area contributed by atoms with Crippen molar-refractivity contribution in [1.82, 2.24) is 10.2 Å². The fraction of sp³-hybridized carbons (Fsp3) is 1.00. The predicted octanol–water partition coefficient (Wildman–Crippen LogP) is 0.495. The highest BCUT2D eigenvalue weighted by atomic mass is 32.2. The van der Waals surface area contributed by atoms with Crippen molar-refractivity contribution in [2.24, 2.45) is 5.92 Å². The topological polar surface area (TPSA) is 49.4 Å². The molecule has 0 aromatic rings. The number of nitrogens with one attached hydrogen (secondary N) is 1. The largest absolute Gasteiger partial charge is 0.316 e. The van der Waals surface area contributed by atoms with Gasteiger partial charge in [0.25, 0.3) is 0 Å². The second-order valence-corrected chi connectivity index (χ2v) is 7.59. The molecule has 0 aromatic heterocycles. The van der Waals surface area contributed by atoms with E-state index in [-0.39, 0.29) is 6.04 Å². The summed E-state index contributed by atoms with van der Waals surface area (Å²) in [7, 11) is -2.75. The second-order valence-electron chi connectivity index (χ2n) is 5.36. The molecule has 4 nitrogen and oxygen atoms in total. The molecule has 0 spiro atoms. The first-order valence-corrected chi connectivity index (χ1v) is 8.58. The third-order valence-electron chi connectivity index (χ3n) is 4.02. The second kappa shape index (κ2) is 5.67. The van der Waals surface area contributed by atoms with Crippen LogP contribution in [0.2, 0.25) is 0 Å². The number of piperidine rings is 1. The minimum atomic E-state index is -2.75. The molecule has 5 heteroatoms. The van der Waals surface area contributed by atoms with Gasteiger partial charge < -0.3 is 5.32 Å². The van der Waals surface area contributed by atoms with Crippen LogP contribution >= 0.6 is 0 Å². The Kier molecular flexibility index (Phi) is 4.44.